The van der Waals surface area contributed by atoms with E-state index in [9.17, 15) is 4.79 Å². The normalized spacial score (nSPS) is 16.1. The zero-order valence-corrected chi connectivity index (χ0v) is 14.4. The number of amides is 1. The van der Waals surface area contributed by atoms with E-state index in [-0.39, 0.29) is 24.4 Å². The number of hydrogen-bond donors (Lipinski definition) is 2. The summed E-state index contributed by atoms with van der Waals surface area (Å²) < 4.78 is 1.57. The smallest absolute Gasteiger partial charge is 0.245 e. The Bertz CT molecular complexity index is 658. The molecule has 1 aliphatic carbocycles. The van der Waals surface area contributed by atoms with Crippen LogP contribution in [0.2, 0.25) is 0 Å². The lowest BCUT2D eigenvalue weighted by Crippen LogP contribution is -2.42. The first-order valence-electron chi connectivity index (χ1n) is 7.97. The minimum atomic E-state index is -0.473. The molecule has 1 fully saturated rings. The number of aryl methyl sites for hydroxylation is 1. The Kier molecular flexibility index (Phi) is 6.28. The van der Waals surface area contributed by atoms with Crippen LogP contribution in [0, 0.1) is 12.8 Å². The molecule has 3 N–H and O–H groups in total. The van der Waals surface area contributed by atoms with Gasteiger partial charge in [-0.2, -0.15) is 0 Å². The van der Waals surface area contributed by atoms with Gasteiger partial charge < -0.3 is 11.1 Å². The fraction of sp³-hybridized carbons (Fsp3) is 0.500. The largest absolute Gasteiger partial charge is 0.353 e. The van der Waals surface area contributed by atoms with Gasteiger partial charge in [0.05, 0.1) is 0 Å². The third kappa shape index (κ3) is 4.52. The van der Waals surface area contributed by atoms with Crippen LogP contribution in [0.4, 0.5) is 0 Å². The van der Waals surface area contributed by atoms with Crippen LogP contribution in [-0.2, 0) is 11.2 Å². The zero-order valence-electron chi connectivity index (χ0n) is 13.6. The number of carbonyl (C=O) groups excluding carboxylic acids is 1. The van der Waals surface area contributed by atoms with Crippen LogP contribution < -0.4 is 11.1 Å². The van der Waals surface area contributed by atoms with Crippen LogP contribution in [0.3, 0.4) is 0 Å². The highest BCUT2D eigenvalue weighted by molar-refractivity contribution is 5.85. The minimum Gasteiger partial charge on any atom is -0.353 e. The van der Waals surface area contributed by atoms with Crippen molar-refractivity contribution in [2.75, 3.05) is 6.54 Å². The second kappa shape index (κ2) is 8.21. The van der Waals surface area contributed by atoms with Crippen molar-refractivity contribution in [3.05, 3.63) is 41.7 Å². The topological polar surface area (TPSA) is 98.7 Å². The van der Waals surface area contributed by atoms with E-state index in [0.29, 0.717) is 24.7 Å². The standard InChI is InChI=1S/C16H22N6O.ClH/c1-11-19-20-21-22(11)15(9-12-5-3-2-4-6-12)16(23)18-10-14(17)13-7-8-13;/h2-6,13-15H,7-10,17H2,1H3,(H,18,23);1H. The van der Waals surface area contributed by atoms with Crippen molar-refractivity contribution in [2.45, 2.75) is 38.3 Å². The van der Waals surface area contributed by atoms with E-state index >= 15 is 0 Å². The van der Waals surface area contributed by atoms with Gasteiger partial charge in [0.25, 0.3) is 0 Å². The lowest BCUT2D eigenvalue weighted by molar-refractivity contribution is -0.124. The monoisotopic (exact) mass is 350 g/mol. The Labute approximate surface area is 147 Å². The van der Waals surface area contributed by atoms with Gasteiger partial charge in [0.2, 0.25) is 5.91 Å². The van der Waals surface area contributed by atoms with Gasteiger partial charge >= 0.3 is 0 Å². The van der Waals surface area contributed by atoms with Gasteiger partial charge in [-0.25, -0.2) is 4.68 Å². The summed E-state index contributed by atoms with van der Waals surface area (Å²) in [6.45, 7) is 2.29. The second-order valence-corrected chi connectivity index (χ2v) is 6.12. The molecular weight excluding hydrogens is 328 g/mol. The Morgan fingerprint density at radius 3 is 2.67 bits per heavy atom. The molecule has 7 nitrogen and oxygen atoms in total. The molecule has 0 spiro atoms. The summed E-state index contributed by atoms with van der Waals surface area (Å²) in [6, 6.07) is 9.42. The van der Waals surface area contributed by atoms with E-state index < -0.39 is 6.04 Å². The van der Waals surface area contributed by atoms with Gasteiger partial charge in [-0.05, 0) is 41.7 Å². The number of hydrogen-bond acceptors (Lipinski definition) is 5. The van der Waals surface area contributed by atoms with Crippen LogP contribution in [0.5, 0.6) is 0 Å². The molecule has 2 aromatic rings. The first-order chi connectivity index (χ1) is 11.1. The molecule has 1 aromatic carbocycles. The van der Waals surface area contributed by atoms with Crippen molar-refractivity contribution in [2.24, 2.45) is 11.7 Å². The number of tetrazole rings is 1. The molecule has 0 radical (unpaired) electrons. The van der Waals surface area contributed by atoms with E-state index in [2.05, 4.69) is 20.8 Å². The lowest BCUT2D eigenvalue weighted by Gasteiger charge is -2.19. The average molecular weight is 351 g/mol. The second-order valence-electron chi connectivity index (χ2n) is 6.12. The molecular formula is C16H23ClN6O. The number of nitrogens with zero attached hydrogens (tertiary/aromatic N) is 4. The molecule has 0 aliphatic heterocycles. The highest BCUT2D eigenvalue weighted by atomic mass is 35.5. The molecule has 8 heteroatoms. The van der Waals surface area contributed by atoms with Crippen LogP contribution in [0.15, 0.2) is 30.3 Å². The van der Waals surface area contributed by atoms with Gasteiger partial charge in [-0.15, -0.1) is 17.5 Å². The molecule has 1 aliphatic rings. The molecule has 1 saturated carbocycles. The predicted octanol–water partition coefficient (Wildman–Crippen LogP) is 1.04. The van der Waals surface area contributed by atoms with Crippen LogP contribution in [0.25, 0.3) is 0 Å². The van der Waals surface area contributed by atoms with Crippen molar-refractivity contribution < 1.29 is 4.79 Å². The average Bonchev–Trinajstić information content (AvgIpc) is 3.33. The summed E-state index contributed by atoms with van der Waals surface area (Å²) in [5.74, 6) is 1.07. The number of carbonyl (C=O) groups is 1. The highest BCUT2D eigenvalue weighted by Gasteiger charge is 2.30. The fourth-order valence-corrected chi connectivity index (χ4v) is 2.68. The van der Waals surface area contributed by atoms with E-state index in [1.165, 1.54) is 0 Å². The van der Waals surface area contributed by atoms with E-state index in [1.807, 2.05) is 30.3 Å². The van der Waals surface area contributed by atoms with Crippen molar-refractivity contribution >= 4 is 18.3 Å². The Morgan fingerprint density at radius 2 is 2.08 bits per heavy atom. The number of benzene rings is 1. The highest BCUT2D eigenvalue weighted by Crippen LogP contribution is 2.31. The number of rotatable bonds is 7. The van der Waals surface area contributed by atoms with Gasteiger partial charge in [0, 0.05) is 19.0 Å². The van der Waals surface area contributed by atoms with Crippen molar-refractivity contribution in [3.63, 3.8) is 0 Å². The SMILES string of the molecule is Cc1nnnn1C(Cc1ccccc1)C(=O)NCC(N)C1CC1.Cl. The molecule has 0 saturated heterocycles. The maximum absolute atomic E-state index is 12.7. The minimum absolute atomic E-state index is 0. The maximum atomic E-state index is 12.7. The Balaban J connectivity index is 0.00000208. The summed E-state index contributed by atoms with van der Waals surface area (Å²) in [5, 5.41) is 14.5. The van der Waals surface area contributed by atoms with E-state index in [0.717, 1.165) is 18.4 Å². The van der Waals surface area contributed by atoms with Gasteiger partial charge in [0.1, 0.15) is 11.9 Å². The first-order valence-corrected chi connectivity index (χ1v) is 7.97. The van der Waals surface area contributed by atoms with Crippen molar-refractivity contribution in [1.82, 2.24) is 25.5 Å². The van der Waals surface area contributed by atoms with Crippen molar-refractivity contribution in [1.29, 1.82) is 0 Å². The van der Waals surface area contributed by atoms with E-state index in [1.54, 1.807) is 11.6 Å². The number of nitrogens with two attached hydrogens (primary N) is 1. The molecule has 1 amide bonds. The Morgan fingerprint density at radius 1 is 1.38 bits per heavy atom. The van der Waals surface area contributed by atoms with E-state index in [4.69, 9.17) is 5.73 Å². The van der Waals surface area contributed by atoms with Crippen LogP contribution >= 0.6 is 12.4 Å². The van der Waals surface area contributed by atoms with Crippen LogP contribution in [-0.4, -0.2) is 38.7 Å². The summed E-state index contributed by atoms with van der Waals surface area (Å²) in [6.07, 6.45) is 2.87. The number of nitrogens with one attached hydrogen (secondary N) is 1. The maximum Gasteiger partial charge on any atom is 0.245 e. The molecule has 130 valence electrons. The molecule has 1 aromatic heterocycles. The predicted molar refractivity (Wildman–Crippen MR) is 92.7 cm³/mol. The third-order valence-corrected chi connectivity index (χ3v) is 4.27. The molecule has 0 bridgehead atoms. The fourth-order valence-electron chi connectivity index (χ4n) is 2.68. The number of halogens is 1. The van der Waals surface area contributed by atoms with Crippen molar-refractivity contribution in [3.8, 4) is 0 Å². The summed E-state index contributed by atoms with van der Waals surface area (Å²) in [7, 11) is 0. The quantitative estimate of drug-likeness (QED) is 0.777. The Hall–Kier alpha value is -1.99. The van der Waals surface area contributed by atoms with Gasteiger partial charge in [-0.1, -0.05) is 30.3 Å². The molecule has 1 heterocycles. The lowest BCUT2D eigenvalue weighted by atomic mass is 10.0. The summed E-state index contributed by atoms with van der Waals surface area (Å²) in [5.41, 5.74) is 7.13. The molecule has 24 heavy (non-hydrogen) atoms. The van der Waals surface area contributed by atoms with Crippen LogP contribution in [0.1, 0.15) is 30.3 Å². The zero-order chi connectivity index (χ0) is 16.2. The third-order valence-electron chi connectivity index (χ3n) is 4.27. The van der Waals surface area contributed by atoms with Gasteiger partial charge in [0.15, 0.2) is 0 Å². The summed E-state index contributed by atoms with van der Waals surface area (Å²) >= 11 is 0. The molecule has 3 rings (SSSR count). The molecule has 2 unspecified atom stereocenters. The number of aromatic nitrogens is 4. The molecule has 2 atom stereocenters. The van der Waals surface area contributed by atoms with Gasteiger partial charge in [-0.3, -0.25) is 4.79 Å². The summed E-state index contributed by atoms with van der Waals surface area (Å²) in [4.78, 5) is 12.7. The first kappa shape index (κ1) is 18.4.